The fourth-order valence-electron chi connectivity index (χ4n) is 2.48. The second kappa shape index (κ2) is 7.00. The molecule has 2 unspecified atom stereocenters. The van der Waals surface area contributed by atoms with Gasteiger partial charge in [-0.15, -0.1) is 11.3 Å². The van der Waals surface area contributed by atoms with Crippen molar-refractivity contribution in [2.45, 2.75) is 48.9 Å². The normalized spacial score (nSPS) is 24.4. The van der Waals surface area contributed by atoms with Crippen molar-refractivity contribution in [2.75, 3.05) is 19.6 Å². The first-order valence-electron chi connectivity index (χ1n) is 7.30. The summed E-state index contributed by atoms with van der Waals surface area (Å²) in [5.74, 6) is 0. The van der Waals surface area contributed by atoms with Gasteiger partial charge in [0.1, 0.15) is 4.21 Å². The lowest BCUT2D eigenvalue weighted by molar-refractivity contribution is 0.406. The Balaban J connectivity index is 2.23. The van der Waals surface area contributed by atoms with Gasteiger partial charge in [-0.1, -0.05) is 20.8 Å². The fraction of sp³-hybridized carbons (Fsp3) is 0.714. The number of sulfonamides is 1. The largest absolute Gasteiger partial charge is 0.312 e. The third kappa shape index (κ3) is 4.01. The molecular formula is C14H24N2O2S3. The maximum atomic E-state index is 12.8. The molecule has 0 saturated carbocycles. The van der Waals surface area contributed by atoms with Gasteiger partial charge in [-0.2, -0.15) is 16.1 Å². The lowest BCUT2D eigenvalue weighted by atomic mass is 10.3. The second-order valence-electron chi connectivity index (χ2n) is 5.53. The van der Waals surface area contributed by atoms with Gasteiger partial charge >= 0.3 is 0 Å². The van der Waals surface area contributed by atoms with Gasteiger partial charge in [-0.25, -0.2) is 8.42 Å². The predicted octanol–water partition coefficient (Wildman–Crippen LogP) is 2.68. The molecule has 21 heavy (non-hydrogen) atoms. The highest BCUT2D eigenvalue weighted by Gasteiger charge is 2.33. The summed E-state index contributed by atoms with van der Waals surface area (Å²) in [6.07, 6.45) is 0. The lowest BCUT2D eigenvalue weighted by Crippen LogP contribution is -2.43. The van der Waals surface area contributed by atoms with E-state index in [2.05, 4.69) is 26.1 Å². The summed E-state index contributed by atoms with van der Waals surface area (Å²) in [5.41, 5.74) is 1.06. The molecule has 120 valence electrons. The number of nitrogens with zero attached hydrogens (tertiary/aromatic N) is 1. The van der Waals surface area contributed by atoms with Crippen molar-refractivity contribution in [3.63, 3.8) is 0 Å². The van der Waals surface area contributed by atoms with E-state index in [0.29, 0.717) is 27.8 Å². The molecule has 1 N–H and O–H groups in total. The quantitative estimate of drug-likeness (QED) is 0.889. The smallest absolute Gasteiger partial charge is 0.252 e. The Morgan fingerprint density at radius 3 is 2.52 bits per heavy atom. The Morgan fingerprint density at radius 2 is 1.95 bits per heavy atom. The summed E-state index contributed by atoms with van der Waals surface area (Å²) < 4.78 is 27.8. The van der Waals surface area contributed by atoms with Crippen LogP contribution in [0.4, 0.5) is 0 Å². The minimum Gasteiger partial charge on any atom is -0.312 e. The first kappa shape index (κ1) is 17.3. The van der Waals surface area contributed by atoms with E-state index in [4.69, 9.17) is 0 Å². The van der Waals surface area contributed by atoms with Crippen LogP contribution in [0.3, 0.4) is 0 Å². The van der Waals surface area contributed by atoms with E-state index in [0.717, 1.165) is 23.5 Å². The minimum absolute atomic E-state index is 0.353. The SMILES string of the molecule is CCNCc1sc(S(=O)(=O)N2CC(C)SC(C)C2)cc1C. The molecule has 1 aliphatic heterocycles. The molecule has 2 atom stereocenters. The number of thiophene rings is 1. The van der Waals surface area contributed by atoms with Crippen molar-refractivity contribution in [2.24, 2.45) is 0 Å². The molecule has 2 rings (SSSR count). The van der Waals surface area contributed by atoms with Gasteiger partial charge in [0.05, 0.1) is 0 Å². The van der Waals surface area contributed by atoms with E-state index in [1.165, 1.54) is 11.3 Å². The molecule has 7 heteroatoms. The maximum Gasteiger partial charge on any atom is 0.252 e. The molecule has 2 heterocycles. The topological polar surface area (TPSA) is 49.4 Å². The Hall–Kier alpha value is -0.0800. The molecule has 0 spiro atoms. The van der Waals surface area contributed by atoms with E-state index < -0.39 is 10.0 Å². The standard InChI is InChI=1S/C14H24N2O2S3/c1-5-15-7-13-10(2)6-14(20-13)21(17,18)16-8-11(3)19-12(4)9-16/h6,11-12,15H,5,7-9H2,1-4H3. The highest BCUT2D eigenvalue weighted by atomic mass is 32.2. The van der Waals surface area contributed by atoms with E-state index in [9.17, 15) is 8.42 Å². The number of thioether (sulfide) groups is 1. The molecule has 0 aliphatic carbocycles. The van der Waals surface area contributed by atoms with Crippen LogP contribution in [-0.4, -0.2) is 42.9 Å². The minimum atomic E-state index is -3.34. The van der Waals surface area contributed by atoms with Crippen LogP contribution in [0.15, 0.2) is 10.3 Å². The van der Waals surface area contributed by atoms with Gasteiger partial charge in [0.2, 0.25) is 0 Å². The van der Waals surface area contributed by atoms with Crippen molar-refractivity contribution in [3.05, 3.63) is 16.5 Å². The first-order valence-corrected chi connectivity index (χ1v) is 10.5. The molecular weight excluding hydrogens is 324 g/mol. The average molecular weight is 349 g/mol. The maximum absolute atomic E-state index is 12.8. The van der Waals surface area contributed by atoms with Crippen molar-refractivity contribution >= 4 is 33.1 Å². The number of aryl methyl sites for hydroxylation is 1. The highest BCUT2D eigenvalue weighted by molar-refractivity contribution is 8.00. The number of hydrogen-bond acceptors (Lipinski definition) is 5. The molecule has 1 aliphatic rings. The van der Waals surface area contributed by atoms with Crippen LogP contribution in [0.5, 0.6) is 0 Å². The molecule has 0 aromatic carbocycles. The van der Waals surface area contributed by atoms with Gasteiger partial charge in [0, 0.05) is 35.0 Å². The number of rotatable bonds is 5. The summed E-state index contributed by atoms with van der Waals surface area (Å²) in [6.45, 7) is 11.1. The molecule has 1 aromatic rings. The summed E-state index contributed by atoms with van der Waals surface area (Å²) in [4.78, 5) is 1.11. The van der Waals surface area contributed by atoms with Crippen LogP contribution >= 0.6 is 23.1 Å². The number of hydrogen-bond donors (Lipinski definition) is 1. The third-order valence-electron chi connectivity index (χ3n) is 3.51. The zero-order valence-electron chi connectivity index (χ0n) is 13.0. The van der Waals surface area contributed by atoms with Crippen molar-refractivity contribution in [1.82, 2.24) is 9.62 Å². The monoisotopic (exact) mass is 348 g/mol. The van der Waals surface area contributed by atoms with Gasteiger partial charge < -0.3 is 5.32 Å². The van der Waals surface area contributed by atoms with E-state index in [-0.39, 0.29) is 0 Å². The molecule has 1 aromatic heterocycles. The summed E-state index contributed by atoms with van der Waals surface area (Å²) in [6, 6.07) is 1.82. The van der Waals surface area contributed by atoms with Gasteiger partial charge in [0.15, 0.2) is 0 Å². The Morgan fingerprint density at radius 1 is 1.33 bits per heavy atom. The molecule has 4 nitrogen and oxygen atoms in total. The molecule has 1 saturated heterocycles. The van der Waals surface area contributed by atoms with Crippen LogP contribution in [0, 0.1) is 6.92 Å². The highest BCUT2D eigenvalue weighted by Crippen LogP contribution is 2.32. The fourth-order valence-corrected chi connectivity index (χ4v) is 7.33. The lowest BCUT2D eigenvalue weighted by Gasteiger charge is -2.33. The predicted molar refractivity (Wildman–Crippen MR) is 91.7 cm³/mol. The summed E-state index contributed by atoms with van der Waals surface area (Å²) in [5, 5.41) is 3.97. The van der Waals surface area contributed by atoms with Crippen molar-refractivity contribution in [1.29, 1.82) is 0 Å². The van der Waals surface area contributed by atoms with E-state index in [1.807, 2.05) is 24.8 Å². The Labute approximate surface area is 136 Å². The first-order chi connectivity index (χ1) is 9.84. The molecule has 1 fully saturated rings. The van der Waals surface area contributed by atoms with Gasteiger partial charge in [0.25, 0.3) is 10.0 Å². The molecule has 0 bridgehead atoms. The van der Waals surface area contributed by atoms with Crippen LogP contribution < -0.4 is 5.32 Å². The van der Waals surface area contributed by atoms with Crippen molar-refractivity contribution in [3.8, 4) is 0 Å². The van der Waals surface area contributed by atoms with E-state index >= 15 is 0 Å². The van der Waals surface area contributed by atoms with Crippen LogP contribution in [0.2, 0.25) is 0 Å². The van der Waals surface area contributed by atoms with Crippen LogP contribution in [0.25, 0.3) is 0 Å². The number of nitrogens with one attached hydrogen (secondary N) is 1. The molecule has 0 amide bonds. The second-order valence-corrected chi connectivity index (χ2v) is 10.7. The average Bonchev–Trinajstić information content (AvgIpc) is 2.77. The third-order valence-corrected chi connectivity index (χ3v) is 8.26. The van der Waals surface area contributed by atoms with Gasteiger partial charge in [-0.05, 0) is 25.1 Å². The zero-order chi connectivity index (χ0) is 15.6. The van der Waals surface area contributed by atoms with Crippen LogP contribution in [-0.2, 0) is 16.6 Å². The summed E-state index contributed by atoms with van der Waals surface area (Å²) >= 11 is 3.27. The Kier molecular flexibility index (Phi) is 5.76. The van der Waals surface area contributed by atoms with Crippen LogP contribution in [0.1, 0.15) is 31.2 Å². The summed E-state index contributed by atoms with van der Waals surface area (Å²) in [7, 11) is -3.34. The Bertz CT molecular complexity index is 573. The zero-order valence-corrected chi connectivity index (χ0v) is 15.5. The van der Waals surface area contributed by atoms with E-state index in [1.54, 1.807) is 4.31 Å². The van der Waals surface area contributed by atoms with Gasteiger partial charge in [-0.3, -0.25) is 0 Å². The van der Waals surface area contributed by atoms with Crippen molar-refractivity contribution < 1.29 is 8.42 Å². The molecule has 0 radical (unpaired) electrons.